The molecule has 10 aliphatic heterocycles. The summed E-state index contributed by atoms with van der Waals surface area (Å²) >= 11 is 0. The zero-order valence-corrected chi connectivity index (χ0v) is 18.8. The molecule has 10 aliphatic rings. The summed E-state index contributed by atoms with van der Waals surface area (Å²) in [5, 5.41) is 0. The summed E-state index contributed by atoms with van der Waals surface area (Å²) in [5.41, 5.74) is 0. The molecule has 4 atom stereocenters. The molecule has 26 heavy (non-hydrogen) atoms. The van der Waals surface area contributed by atoms with Crippen molar-refractivity contribution in [2.75, 3.05) is 12.3 Å². The van der Waals surface area contributed by atoms with Crippen molar-refractivity contribution in [1.82, 2.24) is 0 Å². The molecule has 10 saturated heterocycles. The molecule has 2 heteroatoms. The molecule has 0 saturated carbocycles. The number of hydrogen-bond donors (Lipinski definition) is 0. The first-order valence-electron chi connectivity index (χ1n) is 12.3. The third-order valence-corrected chi connectivity index (χ3v) is 61.7. The van der Waals surface area contributed by atoms with E-state index in [-0.39, 0.29) is 0 Å². The second-order valence-electron chi connectivity index (χ2n) is 13.7. The number of fused-ring (bicyclic) bond motifs is 10. The van der Waals surface area contributed by atoms with E-state index in [4.69, 9.17) is 0 Å². The normalized spacial score (nSPS) is 82.3. The van der Waals surface area contributed by atoms with Gasteiger partial charge in [-0.1, -0.05) is 0 Å². The van der Waals surface area contributed by atoms with E-state index in [1.165, 1.54) is 42.7 Å². The Labute approximate surface area is 152 Å². The molecule has 0 radical (unpaired) electrons. The number of unbranched alkanes of at least 4 members (excludes halogenated alkanes) is 8. The molecule has 10 heterocycles. The van der Waals surface area contributed by atoms with E-state index in [2.05, 4.69) is 13.8 Å². The second kappa shape index (κ2) is 1.83. The third kappa shape index (κ3) is 0.261. The van der Waals surface area contributed by atoms with Gasteiger partial charge in [0.2, 0.25) is 0 Å². The van der Waals surface area contributed by atoms with Crippen LogP contribution in [-0.4, -0.2) is 16.4 Å². The summed E-state index contributed by atoms with van der Waals surface area (Å²) in [4.78, 5) is 14.0. The van der Waals surface area contributed by atoms with Crippen molar-refractivity contribution in [2.45, 2.75) is 126 Å². The van der Waals surface area contributed by atoms with Crippen LogP contribution in [0, 0.1) is 0 Å². The predicted octanol–water partition coefficient (Wildman–Crippen LogP) is 8.71. The molecule has 0 bridgehead atoms. The molecule has 10 rings (SSSR count). The third-order valence-electron chi connectivity index (χ3n) is 16.7. The van der Waals surface area contributed by atoms with Crippen LogP contribution in [-0.2, 0) is 6.23 Å². The Kier molecular flexibility index (Phi) is 0.984. The van der Waals surface area contributed by atoms with Crippen LogP contribution in [0.3, 0.4) is 0 Å². The van der Waals surface area contributed by atoms with Crippen molar-refractivity contribution in [2.24, 2.45) is 0 Å². The molecule has 0 N–H and O–H groups in total. The van der Waals surface area contributed by atoms with Gasteiger partial charge in [0.25, 0.3) is 0 Å². The Morgan fingerprint density at radius 1 is 0.577 bits per heavy atom. The first kappa shape index (κ1) is 14.0. The molecular weight excluding hydrogens is 378 g/mol. The van der Waals surface area contributed by atoms with Crippen LogP contribution in [0.4, 0.5) is 0 Å². The van der Waals surface area contributed by atoms with E-state index in [1.54, 1.807) is 82.0 Å². The van der Waals surface area contributed by atoms with Crippen LogP contribution in [0.15, 0.2) is 0 Å². The first-order chi connectivity index (χ1) is 12.6. The van der Waals surface area contributed by atoms with Gasteiger partial charge in [-0.15, -0.1) is 0 Å². The molecule has 0 aromatic rings. The van der Waals surface area contributed by atoms with E-state index in [0.29, 0.717) is 7.92 Å². The van der Waals surface area contributed by atoms with Gasteiger partial charge >= 0.3 is 153 Å². The summed E-state index contributed by atoms with van der Waals surface area (Å²) in [7, 11) is 0.475. The van der Waals surface area contributed by atoms with Gasteiger partial charge in [0.1, 0.15) is 0 Å². The summed E-state index contributed by atoms with van der Waals surface area (Å²) in [6.45, 7) is 4.74. The Balaban J connectivity index is 0.975. The van der Waals surface area contributed by atoms with Crippen molar-refractivity contribution in [3.63, 3.8) is 0 Å². The van der Waals surface area contributed by atoms with Crippen LogP contribution in [0.1, 0.15) is 78.1 Å². The van der Waals surface area contributed by atoms with Gasteiger partial charge < -0.3 is 0 Å². The fourth-order valence-electron chi connectivity index (χ4n) is 17.3. The minimum absolute atomic E-state index is 0.475. The van der Waals surface area contributed by atoms with Crippen molar-refractivity contribution in [3.05, 3.63) is 0 Å². The monoisotopic (exact) mass is 416 g/mol. The molecular formula is C24H39NiP. The van der Waals surface area contributed by atoms with E-state index in [1.807, 2.05) is 0 Å². The van der Waals surface area contributed by atoms with Gasteiger partial charge in [-0.2, -0.15) is 0 Å². The molecule has 4 unspecified atom stereocenters. The SMILES string of the molecule is CCCCCCCP(CCCCCCC)[C]12[CH]3[CH]4[CH]5[CH]1[Ni]45321678[CH]2[CH]1[CH]6[CH]7[CH]28. The fraction of sp³-hybridized carbons (Fsp3) is 1.00. The predicted molar refractivity (Wildman–Crippen MR) is 111 cm³/mol. The maximum absolute atomic E-state index is 2.61. The van der Waals surface area contributed by atoms with Gasteiger partial charge in [-0.05, 0) is 0 Å². The molecule has 0 aromatic carbocycles. The Morgan fingerprint density at radius 3 is 1.31 bits per heavy atom. The van der Waals surface area contributed by atoms with E-state index >= 15 is 0 Å². The standard InChI is InChI=1S/C19H34P.C5H5.Ni/c1-3-5-7-9-13-17-20(19-15-11-12-16-19)18-14-10-8-6-4-2;1-2-4-5-3-1;/h11-12,15-16H,3-10,13-14,17-18H2,1-2H3;1-5H;. The van der Waals surface area contributed by atoms with Gasteiger partial charge in [0.15, 0.2) is 0 Å². The van der Waals surface area contributed by atoms with Gasteiger partial charge in [0, 0.05) is 0 Å². The van der Waals surface area contributed by atoms with Crippen LogP contribution < -0.4 is 0 Å². The fourth-order valence-corrected chi connectivity index (χ4v) is 96.2. The zero-order chi connectivity index (χ0) is 17.1. The average molecular weight is 417 g/mol. The maximum atomic E-state index is 2.37. The molecule has 0 nitrogen and oxygen atoms in total. The Hall–Kier alpha value is 0.924. The van der Waals surface area contributed by atoms with Crippen molar-refractivity contribution in [3.8, 4) is 0 Å². The quantitative estimate of drug-likeness (QED) is 0.160. The van der Waals surface area contributed by atoms with E-state index < -0.39 is 6.23 Å². The number of hydrogen-bond acceptors (Lipinski definition) is 0. The van der Waals surface area contributed by atoms with Crippen molar-refractivity contribution < 1.29 is 6.23 Å². The summed E-state index contributed by atoms with van der Waals surface area (Å²) in [5.74, 6) is 0. The van der Waals surface area contributed by atoms with Gasteiger partial charge in [-0.3, -0.25) is 0 Å². The summed E-state index contributed by atoms with van der Waals surface area (Å²) < 4.78 is 1.26. The van der Waals surface area contributed by atoms with Crippen LogP contribution in [0.25, 0.3) is 0 Å². The molecule has 0 aliphatic carbocycles. The molecule has 150 valence electrons. The first-order valence-corrected chi connectivity index (χ1v) is 19.7. The molecule has 1 spiro atoms. The van der Waals surface area contributed by atoms with Gasteiger partial charge in [0.05, 0.1) is 0 Å². The number of rotatable bonds is 13. The van der Waals surface area contributed by atoms with E-state index in [0.717, 1.165) is 0 Å². The minimum atomic E-state index is -2.61. The topological polar surface area (TPSA) is 0 Å². The van der Waals surface area contributed by atoms with Crippen molar-refractivity contribution >= 4 is 7.92 Å². The molecule has 0 amide bonds. The van der Waals surface area contributed by atoms with Crippen LogP contribution in [0.2, 0.25) is 44.0 Å². The van der Waals surface area contributed by atoms with E-state index in [9.17, 15) is 0 Å². The Bertz CT molecular complexity index is 979. The Morgan fingerprint density at radius 2 is 1.00 bits per heavy atom. The molecule has 0 aromatic heterocycles. The molecule has 10 fully saturated rings. The van der Waals surface area contributed by atoms with Gasteiger partial charge in [-0.25, -0.2) is 0 Å². The summed E-state index contributed by atoms with van der Waals surface area (Å²) in [6, 6.07) is 0. The summed E-state index contributed by atoms with van der Waals surface area (Å²) in [6.07, 6.45) is 16.2. The van der Waals surface area contributed by atoms with Crippen LogP contribution in [0.5, 0.6) is 0 Å². The zero-order valence-electron chi connectivity index (χ0n) is 16.9. The second-order valence-corrected chi connectivity index (χ2v) is 37.8. The average Bonchev–Trinajstić information content (AvgIpc) is 3.59. The van der Waals surface area contributed by atoms with Crippen molar-refractivity contribution in [1.29, 1.82) is 0 Å². The van der Waals surface area contributed by atoms with Crippen LogP contribution >= 0.6 is 7.92 Å².